The summed E-state index contributed by atoms with van der Waals surface area (Å²) in [5, 5.41) is 3.39. The number of hydrogen-bond acceptors (Lipinski definition) is 9. The smallest absolute Gasteiger partial charge is 0.255 e. The van der Waals surface area contributed by atoms with Crippen LogP contribution in [0.4, 0.5) is 5.95 Å². The molecule has 8 rings (SSSR count). The molecule has 4 atom stereocenters. The second-order valence-corrected chi connectivity index (χ2v) is 12.0. The fourth-order valence-corrected chi connectivity index (χ4v) is 7.07. The molecule has 0 radical (unpaired) electrons. The third kappa shape index (κ3) is 4.57. The standard InChI is InChI=1S/C31H32N6O5/c38-28-6-5-27(29(39)34-28)37-14-20-10-22(2-3-25(20)30(37)40)42-23-7-8-35(15-23)13-18-1-4-26-19(9-18)12-32-31(33-26)36-16-24-11-21(36)17-41-24/h1-4,9-10,12,21,23-24,27H,5-8,11,13-17H2,(H,34,38,39)/t21-,23-,24-,27?/m0/s1. The molecule has 1 N–H and O–H groups in total. The maximum Gasteiger partial charge on any atom is 0.255 e. The quantitative estimate of drug-likeness (QED) is 0.446. The molecule has 4 saturated heterocycles. The van der Waals surface area contributed by atoms with Gasteiger partial charge in [0.1, 0.15) is 17.9 Å². The maximum atomic E-state index is 13.0. The topological polar surface area (TPSA) is 117 Å². The third-order valence-electron chi connectivity index (χ3n) is 9.22. The predicted octanol–water partition coefficient (Wildman–Crippen LogP) is 2.02. The molecule has 4 fully saturated rings. The van der Waals surface area contributed by atoms with Gasteiger partial charge in [-0.3, -0.25) is 24.6 Å². The Labute approximate surface area is 242 Å². The average molecular weight is 569 g/mol. The number of benzene rings is 2. The first-order valence-corrected chi connectivity index (χ1v) is 14.8. The van der Waals surface area contributed by atoms with Crippen LogP contribution >= 0.6 is 0 Å². The molecule has 0 spiro atoms. The predicted molar refractivity (Wildman–Crippen MR) is 152 cm³/mol. The van der Waals surface area contributed by atoms with Gasteiger partial charge in [0.25, 0.3) is 5.91 Å². The Morgan fingerprint density at radius 3 is 2.81 bits per heavy atom. The van der Waals surface area contributed by atoms with Crippen molar-refractivity contribution < 1.29 is 23.9 Å². The van der Waals surface area contributed by atoms with Crippen LogP contribution in [0.15, 0.2) is 42.6 Å². The highest BCUT2D eigenvalue weighted by Crippen LogP contribution is 2.33. The van der Waals surface area contributed by atoms with E-state index >= 15 is 0 Å². The Hall–Kier alpha value is -4.09. The largest absolute Gasteiger partial charge is 0.489 e. The zero-order chi connectivity index (χ0) is 28.4. The lowest BCUT2D eigenvalue weighted by Gasteiger charge is -2.29. The molecule has 3 aromatic rings. The molecule has 0 saturated carbocycles. The lowest BCUT2D eigenvalue weighted by Crippen LogP contribution is -2.52. The van der Waals surface area contributed by atoms with Gasteiger partial charge in [-0.15, -0.1) is 0 Å². The molecule has 2 bridgehead atoms. The van der Waals surface area contributed by atoms with Gasteiger partial charge in [-0.05, 0) is 60.7 Å². The van der Waals surface area contributed by atoms with E-state index in [0.29, 0.717) is 30.7 Å². The van der Waals surface area contributed by atoms with Crippen LogP contribution in [0.25, 0.3) is 10.9 Å². The summed E-state index contributed by atoms with van der Waals surface area (Å²) in [4.78, 5) is 52.6. The van der Waals surface area contributed by atoms with E-state index in [0.717, 1.165) is 73.8 Å². The Morgan fingerprint density at radius 1 is 1.05 bits per heavy atom. The van der Waals surface area contributed by atoms with Crippen molar-refractivity contribution in [3.8, 4) is 5.75 Å². The molecular weight excluding hydrogens is 536 g/mol. The number of piperidine rings is 1. The number of imide groups is 1. The molecule has 42 heavy (non-hydrogen) atoms. The number of amides is 3. The lowest BCUT2D eigenvalue weighted by atomic mass is 10.0. The molecule has 11 nitrogen and oxygen atoms in total. The Balaban J connectivity index is 0.886. The molecular formula is C31H32N6O5. The van der Waals surface area contributed by atoms with Crippen LogP contribution in [-0.2, 0) is 27.4 Å². The van der Waals surface area contributed by atoms with Crippen molar-refractivity contribution in [2.75, 3.05) is 31.1 Å². The Morgan fingerprint density at radius 2 is 1.98 bits per heavy atom. The van der Waals surface area contributed by atoms with Crippen LogP contribution in [0.5, 0.6) is 5.75 Å². The van der Waals surface area contributed by atoms with Crippen LogP contribution in [0.1, 0.15) is 47.2 Å². The number of nitrogens with one attached hydrogen (secondary N) is 1. The van der Waals surface area contributed by atoms with E-state index in [1.54, 1.807) is 11.0 Å². The highest BCUT2D eigenvalue weighted by Gasteiger charge is 2.41. The third-order valence-corrected chi connectivity index (χ3v) is 9.22. The molecule has 1 aromatic heterocycles. The van der Waals surface area contributed by atoms with E-state index in [9.17, 15) is 14.4 Å². The van der Waals surface area contributed by atoms with Gasteiger partial charge in [-0.2, -0.15) is 0 Å². The number of fused-ring (bicyclic) bond motifs is 4. The second kappa shape index (κ2) is 10.0. The summed E-state index contributed by atoms with van der Waals surface area (Å²) in [6.45, 7) is 4.55. The number of aromatic nitrogens is 2. The van der Waals surface area contributed by atoms with Crippen molar-refractivity contribution >= 4 is 34.6 Å². The highest BCUT2D eigenvalue weighted by atomic mass is 16.5. The molecule has 11 heteroatoms. The second-order valence-electron chi connectivity index (χ2n) is 12.0. The summed E-state index contributed by atoms with van der Waals surface area (Å²) in [6.07, 6.45) is 4.88. The van der Waals surface area contributed by atoms with Crippen LogP contribution < -0.4 is 15.0 Å². The molecule has 2 aromatic carbocycles. The van der Waals surface area contributed by atoms with Crippen LogP contribution in [0.2, 0.25) is 0 Å². The zero-order valence-electron chi connectivity index (χ0n) is 23.2. The minimum atomic E-state index is -0.616. The first kappa shape index (κ1) is 25.6. The van der Waals surface area contributed by atoms with Crippen LogP contribution in [0, 0.1) is 0 Å². The number of morpholine rings is 1. The number of rotatable bonds is 6. The van der Waals surface area contributed by atoms with Gasteiger partial charge in [-0.25, -0.2) is 9.97 Å². The normalized spacial score (nSPS) is 27.3. The van der Waals surface area contributed by atoms with Gasteiger partial charge < -0.3 is 19.3 Å². The van der Waals surface area contributed by atoms with Crippen molar-refractivity contribution in [1.82, 2.24) is 25.1 Å². The van der Waals surface area contributed by atoms with E-state index in [1.807, 2.05) is 18.3 Å². The summed E-state index contributed by atoms with van der Waals surface area (Å²) in [6, 6.07) is 11.7. The Bertz CT molecular complexity index is 1610. The summed E-state index contributed by atoms with van der Waals surface area (Å²) >= 11 is 0. The monoisotopic (exact) mass is 568 g/mol. The summed E-state index contributed by atoms with van der Waals surface area (Å²) < 4.78 is 12.1. The number of ether oxygens (including phenoxy) is 2. The fraction of sp³-hybridized carbons (Fsp3) is 0.452. The van der Waals surface area contributed by atoms with Gasteiger partial charge in [0.05, 0.1) is 24.3 Å². The van der Waals surface area contributed by atoms with Gasteiger partial charge in [0.2, 0.25) is 17.8 Å². The van der Waals surface area contributed by atoms with E-state index in [4.69, 9.17) is 14.5 Å². The minimum Gasteiger partial charge on any atom is -0.489 e. The number of hydrogen-bond donors (Lipinski definition) is 1. The van der Waals surface area contributed by atoms with Crippen LogP contribution in [0.3, 0.4) is 0 Å². The van der Waals surface area contributed by atoms with Gasteiger partial charge in [0, 0.05) is 56.3 Å². The molecule has 3 amide bonds. The van der Waals surface area contributed by atoms with Gasteiger partial charge in [0.15, 0.2) is 0 Å². The molecule has 216 valence electrons. The van der Waals surface area contributed by atoms with E-state index < -0.39 is 11.9 Å². The van der Waals surface area contributed by atoms with Gasteiger partial charge >= 0.3 is 0 Å². The fourth-order valence-electron chi connectivity index (χ4n) is 7.07. The molecule has 5 aliphatic rings. The van der Waals surface area contributed by atoms with E-state index in [2.05, 4.69) is 38.3 Å². The first-order chi connectivity index (χ1) is 20.5. The number of anilines is 1. The van der Waals surface area contributed by atoms with Crippen LogP contribution in [-0.4, -0.2) is 88.0 Å². The molecule has 6 heterocycles. The van der Waals surface area contributed by atoms with Crippen molar-refractivity contribution in [2.24, 2.45) is 0 Å². The van der Waals surface area contributed by atoms with Gasteiger partial charge in [-0.1, -0.05) is 6.07 Å². The maximum absolute atomic E-state index is 13.0. The minimum absolute atomic E-state index is 0.0533. The van der Waals surface area contributed by atoms with Crippen molar-refractivity contribution in [3.05, 3.63) is 59.3 Å². The molecule has 0 aliphatic carbocycles. The zero-order valence-corrected chi connectivity index (χ0v) is 23.2. The molecule has 1 unspecified atom stereocenters. The van der Waals surface area contributed by atoms with Crippen molar-refractivity contribution in [2.45, 2.75) is 63.1 Å². The highest BCUT2D eigenvalue weighted by molar-refractivity contribution is 6.05. The SMILES string of the molecule is O=C1CCC(N2Cc3cc(O[C@H]4CCN(Cc5ccc6nc(N7C[C@@H]8C[C@H]7CO8)ncc6c5)C4)ccc3C2=O)C(=O)N1. The first-order valence-electron chi connectivity index (χ1n) is 14.8. The number of likely N-dealkylation sites (tertiary alicyclic amines) is 1. The number of nitrogens with zero attached hydrogens (tertiary/aromatic N) is 5. The Kier molecular flexibility index (Phi) is 6.11. The van der Waals surface area contributed by atoms with Crippen molar-refractivity contribution in [3.63, 3.8) is 0 Å². The van der Waals surface area contributed by atoms with E-state index in [-0.39, 0.29) is 24.3 Å². The molecule has 5 aliphatic heterocycles. The number of carbonyl (C=O) groups excluding carboxylic acids is 3. The number of carbonyl (C=O) groups is 3. The van der Waals surface area contributed by atoms with E-state index in [1.165, 1.54) is 5.56 Å². The van der Waals surface area contributed by atoms with Crippen molar-refractivity contribution in [1.29, 1.82) is 0 Å². The summed E-state index contributed by atoms with van der Waals surface area (Å²) in [5.41, 5.74) is 3.62. The summed E-state index contributed by atoms with van der Waals surface area (Å²) in [7, 11) is 0. The average Bonchev–Trinajstić information content (AvgIpc) is 3.78. The summed E-state index contributed by atoms with van der Waals surface area (Å²) in [5.74, 6) is 0.668. The lowest BCUT2D eigenvalue weighted by molar-refractivity contribution is -0.136.